The molecule has 1 amide bonds. The maximum absolute atomic E-state index is 12.1. The third kappa shape index (κ3) is 5.07. The zero-order chi connectivity index (χ0) is 17.5. The summed E-state index contributed by atoms with van der Waals surface area (Å²) in [7, 11) is 0. The van der Waals surface area contributed by atoms with Gasteiger partial charge in [-0.1, -0.05) is 49.4 Å². The molecule has 1 N–H and O–H groups in total. The molecule has 1 aliphatic heterocycles. The molecule has 0 saturated carbocycles. The van der Waals surface area contributed by atoms with Crippen LogP contribution in [0.3, 0.4) is 0 Å². The number of amides is 1. The van der Waals surface area contributed by atoms with Crippen LogP contribution in [0.4, 0.5) is 0 Å². The van der Waals surface area contributed by atoms with Gasteiger partial charge in [0.25, 0.3) is 5.91 Å². The number of hydrogen-bond donors (Lipinski definition) is 1. The highest BCUT2D eigenvalue weighted by molar-refractivity contribution is 5.77. The first-order chi connectivity index (χ1) is 12.2. The van der Waals surface area contributed by atoms with E-state index in [0.29, 0.717) is 0 Å². The van der Waals surface area contributed by atoms with Crippen LogP contribution >= 0.6 is 0 Å². The van der Waals surface area contributed by atoms with Crippen LogP contribution in [-0.4, -0.2) is 43.1 Å². The van der Waals surface area contributed by atoms with Crippen molar-refractivity contribution in [2.75, 3.05) is 26.2 Å². The van der Waals surface area contributed by atoms with E-state index in [4.69, 9.17) is 4.74 Å². The Bertz CT molecular complexity index is 662. The Kier molecular flexibility index (Phi) is 6.07. The molecule has 4 nitrogen and oxygen atoms in total. The van der Waals surface area contributed by atoms with Crippen molar-refractivity contribution in [1.82, 2.24) is 10.2 Å². The molecule has 0 radical (unpaired) electrons. The molecular weight excluding hydrogens is 312 g/mol. The third-order valence-electron chi connectivity index (χ3n) is 4.73. The summed E-state index contributed by atoms with van der Waals surface area (Å²) in [5.41, 5.74) is 2.31. The smallest absolute Gasteiger partial charge is 0.258 e. The summed E-state index contributed by atoms with van der Waals surface area (Å²) in [6, 6.07) is 18.3. The molecule has 1 fully saturated rings. The number of rotatable bonds is 6. The summed E-state index contributed by atoms with van der Waals surface area (Å²) < 4.78 is 5.62. The predicted octanol–water partition coefficient (Wildman–Crippen LogP) is 3.33. The quantitative estimate of drug-likeness (QED) is 0.878. The fourth-order valence-electron chi connectivity index (χ4n) is 3.19. The summed E-state index contributed by atoms with van der Waals surface area (Å²) in [6.07, 6.45) is 2.04. The second-order valence-electron chi connectivity index (χ2n) is 6.46. The molecule has 25 heavy (non-hydrogen) atoms. The first-order valence-electron chi connectivity index (χ1n) is 9.04. The van der Waals surface area contributed by atoms with Gasteiger partial charge in [0.05, 0.1) is 0 Å². The van der Waals surface area contributed by atoms with E-state index in [1.807, 2.05) is 42.5 Å². The Hall–Kier alpha value is -2.33. The van der Waals surface area contributed by atoms with E-state index in [1.54, 1.807) is 0 Å². The highest BCUT2D eigenvalue weighted by Gasteiger charge is 2.19. The van der Waals surface area contributed by atoms with Crippen LogP contribution in [0.5, 0.6) is 5.75 Å². The summed E-state index contributed by atoms with van der Waals surface area (Å²) in [4.78, 5) is 14.5. The van der Waals surface area contributed by atoms with Crippen LogP contribution in [-0.2, 0) is 4.79 Å². The second kappa shape index (κ2) is 8.67. The van der Waals surface area contributed by atoms with E-state index < -0.39 is 0 Å². The number of carbonyl (C=O) groups is 1. The first kappa shape index (κ1) is 17.5. The van der Waals surface area contributed by atoms with Crippen molar-refractivity contribution in [2.45, 2.75) is 25.8 Å². The molecule has 1 heterocycles. The zero-order valence-corrected chi connectivity index (χ0v) is 14.8. The normalized spacial score (nSPS) is 15.7. The van der Waals surface area contributed by atoms with Crippen molar-refractivity contribution in [1.29, 1.82) is 0 Å². The van der Waals surface area contributed by atoms with Gasteiger partial charge in [-0.05, 0) is 42.6 Å². The van der Waals surface area contributed by atoms with E-state index in [0.717, 1.165) is 43.8 Å². The number of nitrogens with one attached hydrogen (secondary N) is 1. The molecule has 2 aromatic rings. The van der Waals surface area contributed by atoms with Gasteiger partial charge in [-0.3, -0.25) is 4.79 Å². The molecule has 3 rings (SSSR count). The molecule has 4 heteroatoms. The topological polar surface area (TPSA) is 41.6 Å². The molecule has 0 bridgehead atoms. The third-order valence-corrected chi connectivity index (χ3v) is 4.73. The summed E-state index contributed by atoms with van der Waals surface area (Å²) in [6.45, 7) is 5.45. The number of benzene rings is 2. The monoisotopic (exact) mass is 338 g/mol. The minimum Gasteiger partial charge on any atom is -0.484 e. The van der Waals surface area contributed by atoms with Crippen LogP contribution in [0.25, 0.3) is 11.1 Å². The lowest BCUT2D eigenvalue weighted by molar-refractivity contribution is -0.124. The average molecular weight is 338 g/mol. The lowest BCUT2D eigenvalue weighted by Gasteiger charge is -2.31. The number of carbonyl (C=O) groups excluding carboxylic acids is 1. The molecule has 0 aromatic heterocycles. The Morgan fingerprint density at radius 1 is 1.04 bits per heavy atom. The first-order valence-corrected chi connectivity index (χ1v) is 9.04. The van der Waals surface area contributed by atoms with Crippen molar-refractivity contribution in [3.8, 4) is 16.9 Å². The van der Waals surface area contributed by atoms with Crippen molar-refractivity contribution < 1.29 is 9.53 Å². The van der Waals surface area contributed by atoms with Crippen LogP contribution in [0.15, 0.2) is 54.6 Å². The maximum atomic E-state index is 12.1. The number of likely N-dealkylation sites (tertiary alicyclic amines) is 1. The summed E-state index contributed by atoms with van der Waals surface area (Å²) in [5, 5.41) is 3.08. The minimum absolute atomic E-state index is 0.0397. The standard InChI is InChI=1S/C21H26N2O2/c1-2-23-14-12-19(13-15-23)22-21(24)16-25-20-10-8-18(9-11-20)17-6-4-3-5-7-17/h3-11,19H,2,12-16H2,1H3,(H,22,24). The Morgan fingerprint density at radius 2 is 1.68 bits per heavy atom. The molecular formula is C21H26N2O2. The molecule has 1 aliphatic rings. The summed E-state index contributed by atoms with van der Waals surface area (Å²) in [5.74, 6) is 0.678. The van der Waals surface area contributed by atoms with E-state index in [1.165, 1.54) is 5.56 Å². The molecule has 0 spiro atoms. The lowest BCUT2D eigenvalue weighted by Crippen LogP contribution is -2.45. The number of hydrogen-bond acceptors (Lipinski definition) is 3. The van der Waals surface area contributed by atoms with Gasteiger partial charge in [0.15, 0.2) is 6.61 Å². The van der Waals surface area contributed by atoms with Gasteiger partial charge >= 0.3 is 0 Å². The average Bonchev–Trinajstić information content (AvgIpc) is 2.68. The molecule has 0 unspecified atom stereocenters. The van der Waals surface area contributed by atoms with Gasteiger partial charge in [-0.2, -0.15) is 0 Å². The van der Waals surface area contributed by atoms with Gasteiger partial charge in [0.2, 0.25) is 0 Å². The molecule has 132 valence electrons. The van der Waals surface area contributed by atoms with E-state index in [2.05, 4.69) is 29.3 Å². The highest BCUT2D eigenvalue weighted by atomic mass is 16.5. The largest absolute Gasteiger partial charge is 0.484 e. The Labute approximate surface area is 149 Å². The van der Waals surface area contributed by atoms with E-state index >= 15 is 0 Å². The molecule has 0 aliphatic carbocycles. The van der Waals surface area contributed by atoms with Gasteiger partial charge in [-0.15, -0.1) is 0 Å². The number of piperidine rings is 1. The minimum atomic E-state index is -0.0397. The van der Waals surface area contributed by atoms with Crippen LogP contribution in [0, 0.1) is 0 Å². The zero-order valence-electron chi connectivity index (χ0n) is 14.8. The number of ether oxygens (including phenoxy) is 1. The fourth-order valence-corrected chi connectivity index (χ4v) is 3.19. The molecule has 1 saturated heterocycles. The second-order valence-corrected chi connectivity index (χ2v) is 6.46. The molecule has 0 atom stereocenters. The van der Waals surface area contributed by atoms with Crippen molar-refractivity contribution in [3.05, 3.63) is 54.6 Å². The van der Waals surface area contributed by atoms with Crippen LogP contribution < -0.4 is 10.1 Å². The summed E-state index contributed by atoms with van der Waals surface area (Å²) >= 11 is 0. The van der Waals surface area contributed by atoms with Crippen LogP contribution in [0.2, 0.25) is 0 Å². The van der Waals surface area contributed by atoms with Crippen molar-refractivity contribution >= 4 is 5.91 Å². The Morgan fingerprint density at radius 3 is 2.32 bits per heavy atom. The van der Waals surface area contributed by atoms with E-state index in [-0.39, 0.29) is 18.6 Å². The van der Waals surface area contributed by atoms with Crippen LogP contribution in [0.1, 0.15) is 19.8 Å². The number of nitrogens with zero attached hydrogens (tertiary/aromatic N) is 1. The van der Waals surface area contributed by atoms with Gasteiger partial charge < -0.3 is 15.0 Å². The SMILES string of the molecule is CCN1CCC(NC(=O)COc2ccc(-c3ccccc3)cc2)CC1. The van der Waals surface area contributed by atoms with Gasteiger partial charge in [0, 0.05) is 19.1 Å². The van der Waals surface area contributed by atoms with Gasteiger partial charge in [-0.25, -0.2) is 0 Å². The van der Waals surface area contributed by atoms with Gasteiger partial charge in [0.1, 0.15) is 5.75 Å². The lowest BCUT2D eigenvalue weighted by atomic mass is 10.1. The highest BCUT2D eigenvalue weighted by Crippen LogP contribution is 2.22. The van der Waals surface area contributed by atoms with Crippen molar-refractivity contribution in [3.63, 3.8) is 0 Å². The molecule has 2 aromatic carbocycles. The predicted molar refractivity (Wildman–Crippen MR) is 101 cm³/mol. The Balaban J connectivity index is 1.44. The fraction of sp³-hybridized carbons (Fsp3) is 0.381. The maximum Gasteiger partial charge on any atom is 0.258 e. The van der Waals surface area contributed by atoms with E-state index in [9.17, 15) is 4.79 Å². The van der Waals surface area contributed by atoms with Crippen molar-refractivity contribution in [2.24, 2.45) is 0 Å².